The highest BCUT2D eigenvalue weighted by molar-refractivity contribution is 6.42. The molecule has 0 radical (unpaired) electrons. The van der Waals surface area contributed by atoms with E-state index in [1.165, 1.54) is 18.4 Å². The van der Waals surface area contributed by atoms with Crippen LogP contribution in [0.1, 0.15) is 47.7 Å². The Morgan fingerprint density at radius 3 is 2.57 bits per heavy atom. The zero-order valence-corrected chi connectivity index (χ0v) is 18.4. The molecule has 5 heteroatoms. The number of rotatable bonds is 7. The molecule has 2 N–H and O–H groups in total. The Morgan fingerprint density at radius 2 is 1.80 bits per heavy atom. The summed E-state index contributed by atoms with van der Waals surface area (Å²) >= 11 is 12.7. The summed E-state index contributed by atoms with van der Waals surface area (Å²) in [6.07, 6.45) is 4.60. The zero-order valence-electron chi connectivity index (χ0n) is 16.9. The lowest BCUT2D eigenvalue weighted by atomic mass is 10.0. The summed E-state index contributed by atoms with van der Waals surface area (Å²) < 4.78 is 2.21. The molecule has 0 aliphatic carbocycles. The van der Waals surface area contributed by atoms with Crippen molar-refractivity contribution in [2.24, 2.45) is 5.73 Å². The van der Waals surface area contributed by atoms with Crippen molar-refractivity contribution in [2.45, 2.75) is 39.2 Å². The fourth-order valence-electron chi connectivity index (χ4n) is 4.14. The van der Waals surface area contributed by atoms with E-state index in [0.717, 1.165) is 40.2 Å². The van der Waals surface area contributed by atoms with Gasteiger partial charge < -0.3 is 10.3 Å². The van der Waals surface area contributed by atoms with Gasteiger partial charge in [0.05, 0.1) is 15.6 Å². The Labute approximate surface area is 186 Å². The third-order valence-electron chi connectivity index (χ3n) is 5.65. The van der Waals surface area contributed by atoms with Crippen LogP contribution in [-0.2, 0) is 13.0 Å². The molecule has 3 nitrogen and oxygen atoms in total. The lowest BCUT2D eigenvalue weighted by Gasteiger charge is -2.11. The summed E-state index contributed by atoms with van der Waals surface area (Å²) in [5, 5.41) is 3.00. The number of nitrogens with two attached hydrogens (primary N) is 1. The lowest BCUT2D eigenvalue weighted by molar-refractivity contribution is 0.100. The van der Waals surface area contributed by atoms with Gasteiger partial charge >= 0.3 is 0 Å². The van der Waals surface area contributed by atoms with Crippen molar-refractivity contribution in [1.82, 2.24) is 4.57 Å². The van der Waals surface area contributed by atoms with E-state index in [1.54, 1.807) is 12.1 Å². The molecule has 0 spiro atoms. The van der Waals surface area contributed by atoms with Gasteiger partial charge in [0, 0.05) is 28.4 Å². The molecule has 4 rings (SSSR count). The number of amides is 1. The molecule has 0 saturated heterocycles. The first-order chi connectivity index (χ1) is 14.5. The van der Waals surface area contributed by atoms with Crippen LogP contribution < -0.4 is 5.73 Å². The number of aromatic nitrogens is 1. The molecular formula is C25H24Cl2N2O. The summed E-state index contributed by atoms with van der Waals surface area (Å²) in [5.74, 6) is -0.424. The molecule has 0 aliphatic heterocycles. The molecule has 0 fully saturated rings. The van der Waals surface area contributed by atoms with Crippen LogP contribution in [0.25, 0.3) is 21.8 Å². The van der Waals surface area contributed by atoms with Crippen molar-refractivity contribution in [3.05, 3.63) is 81.3 Å². The largest absolute Gasteiger partial charge is 0.366 e. The average molecular weight is 439 g/mol. The van der Waals surface area contributed by atoms with Gasteiger partial charge in [-0.3, -0.25) is 4.79 Å². The minimum Gasteiger partial charge on any atom is -0.366 e. The number of fused-ring (bicyclic) bond motifs is 3. The highest BCUT2D eigenvalue weighted by atomic mass is 35.5. The van der Waals surface area contributed by atoms with E-state index in [1.807, 2.05) is 24.3 Å². The Morgan fingerprint density at radius 1 is 1.00 bits per heavy atom. The van der Waals surface area contributed by atoms with E-state index in [4.69, 9.17) is 28.9 Å². The average Bonchev–Trinajstić information content (AvgIpc) is 3.04. The summed E-state index contributed by atoms with van der Waals surface area (Å²) in [4.78, 5) is 12.1. The molecule has 0 bridgehead atoms. The van der Waals surface area contributed by atoms with Crippen LogP contribution in [0.5, 0.6) is 0 Å². The van der Waals surface area contributed by atoms with Crippen LogP contribution in [0.3, 0.4) is 0 Å². The van der Waals surface area contributed by atoms with Crippen LogP contribution in [0.15, 0.2) is 54.6 Å². The first-order valence-corrected chi connectivity index (χ1v) is 11.0. The molecule has 1 heterocycles. The minimum atomic E-state index is -0.424. The number of unbranched alkanes of at least 4 members (excludes halogenated alkanes) is 2. The minimum absolute atomic E-state index is 0.424. The maximum Gasteiger partial charge on any atom is 0.249 e. The van der Waals surface area contributed by atoms with Gasteiger partial charge in [-0.25, -0.2) is 0 Å². The van der Waals surface area contributed by atoms with Crippen LogP contribution in [0.2, 0.25) is 10.0 Å². The Hall–Kier alpha value is -2.49. The predicted molar refractivity (Wildman–Crippen MR) is 127 cm³/mol. The molecule has 0 saturated carbocycles. The van der Waals surface area contributed by atoms with Gasteiger partial charge in [-0.05, 0) is 48.2 Å². The number of hydrogen-bond acceptors (Lipinski definition) is 1. The first-order valence-electron chi connectivity index (χ1n) is 10.3. The number of carbonyl (C=O) groups is 1. The molecule has 1 aromatic heterocycles. The maximum absolute atomic E-state index is 12.1. The van der Waals surface area contributed by atoms with Crippen LogP contribution in [-0.4, -0.2) is 10.5 Å². The number of primary amides is 1. The standard InChI is InChI=1S/C25H24Cl2N2O/c1-2-3-4-7-16-12-13-18-22(14-16)29(15-17-8-5-10-20(26)24(17)27)21-11-6-9-19(23(18)21)25(28)30/h5-6,8-14H,2-4,7,15H2,1H3,(H2,28,30). The van der Waals surface area contributed by atoms with Gasteiger partial charge in [0.25, 0.3) is 0 Å². The summed E-state index contributed by atoms with van der Waals surface area (Å²) in [6.45, 7) is 2.77. The monoisotopic (exact) mass is 438 g/mol. The van der Waals surface area contributed by atoms with Gasteiger partial charge in [0.2, 0.25) is 5.91 Å². The maximum atomic E-state index is 12.1. The van der Waals surface area contributed by atoms with Crippen molar-refractivity contribution in [2.75, 3.05) is 0 Å². The summed E-state index contributed by atoms with van der Waals surface area (Å²) in [5.41, 5.74) is 10.5. The molecular weight excluding hydrogens is 415 g/mol. The van der Waals surface area contributed by atoms with E-state index in [9.17, 15) is 4.79 Å². The van der Waals surface area contributed by atoms with E-state index in [0.29, 0.717) is 22.2 Å². The fourth-order valence-corrected chi connectivity index (χ4v) is 4.52. The smallest absolute Gasteiger partial charge is 0.249 e. The van der Waals surface area contributed by atoms with Crippen molar-refractivity contribution < 1.29 is 4.79 Å². The Balaban J connectivity index is 1.94. The van der Waals surface area contributed by atoms with E-state index >= 15 is 0 Å². The van der Waals surface area contributed by atoms with E-state index in [2.05, 4.69) is 29.7 Å². The highest BCUT2D eigenvalue weighted by Crippen LogP contribution is 2.35. The molecule has 4 aromatic rings. The first kappa shape index (κ1) is 20.8. The third kappa shape index (κ3) is 3.80. The Bertz CT molecular complexity index is 1240. The van der Waals surface area contributed by atoms with E-state index < -0.39 is 5.91 Å². The molecule has 3 aromatic carbocycles. The van der Waals surface area contributed by atoms with Gasteiger partial charge in [-0.15, -0.1) is 0 Å². The lowest BCUT2D eigenvalue weighted by Crippen LogP contribution is -2.11. The third-order valence-corrected chi connectivity index (χ3v) is 6.51. The molecule has 0 unspecified atom stereocenters. The molecule has 154 valence electrons. The zero-order chi connectivity index (χ0) is 21.3. The number of carbonyl (C=O) groups excluding carboxylic acids is 1. The number of aryl methyl sites for hydroxylation is 1. The summed E-state index contributed by atoms with van der Waals surface area (Å²) in [6, 6.07) is 17.9. The van der Waals surface area contributed by atoms with Gasteiger partial charge in [0.1, 0.15) is 0 Å². The van der Waals surface area contributed by atoms with Crippen LogP contribution in [0, 0.1) is 0 Å². The summed E-state index contributed by atoms with van der Waals surface area (Å²) in [7, 11) is 0. The van der Waals surface area contributed by atoms with Gasteiger partial charge in [-0.2, -0.15) is 0 Å². The molecule has 30 heavy (non-hydrogen) atoms. The van der Waals surface area contributed by atoms with Crippen LogP contribution in [0.4, 0.5) is 0 Å². The second-order valence-corrected chi connectivity index (χ2v) is 8.46. The van der Waals surface area contributed by atoms with E-state index in [-0.39, 0.29) is 0 Å². The van der Waals surface area contributed by atoms with Crippen molar-refractivity contribution in [3.63, 3.8) is 0 Å². The van der Waals surface area contributed by atoms with Gasteiger partial charge in [0.15, 0.2) is 0 Å². The normalized spacial score (nSPS) is 11.4. The highest BCUT2D eigenvalue weighted by Gasteiger charge is 2.18. The Kier molecular flexibility index (Phi) is 6.03. The quantitative estimate of drug-likeness (QED) is 0.310. The number of nitrogens with zero attached hydrogens (tertiary/aromatic N) is 1. The second-order valence-electron chi connectivity index (χ2n) is 7.67. The molecule has 0 atom stereocenters. The predicted octanol–water partition coefficient (Wildman–Crippen LogP) is 6.98. The van der Waals surface area contributed by atoms with Crippen molar-refractivity contribution >= 4 is 50.9 Å². The number of halogens is 2. The van der Waals surface area contributed by atoms with Crippen molar-refractivity contribution in [3.8, 4) is 0 Å². The number of benzene rings is 3. The SMILES string of the molecule is CCCCCc1ccc2c3c(C(N)=O)cccc3n(Cc3cccc(Cl)c3Cl)c2c1. The number of hydrogen-bond donors (Lipinski definition) is 1. The van der Waals surface area contributed by atoms with Gasteiger partial charge in [-0.1, -0.05) is 73.3 Å². The molecule has 0 aliphatic rings. The topological polar surface area (TPSA) is 48.0 Å². The molecule has 1 amide bonds. The second kappa shape index (κ2) is 8.71. The fraction of sp³-hybridized carbons (Fsp3) is 0.240. The van der Waals surface area contributed by atoms with Crippen molar-refractivity contribution in [1.29, 1.82) is 0 Å². The van der Waals surface area contributed by atoms with Crippen LogP contribution >= 0.6 is 23.2 Å².